The first-order chi connectivity index (χ1) is 10.0. The van der Waals surface area contributed by atoms with Gasteiger partial charge in [-0.2, -0.15) is 0 Å². The highest BCUT2D eigenvalue weighted by molar-refractivity contribution is 5.96. The van der Waals surface area contributed by atoms with E-state index in [1.165, 1.54) is 14.0 Å². The minimum atomic E-state index is -0.845. The zero-order valence-corrected chi connectivity index (χ0v) is 12.1. The fraction of sp³-hybridized carbons (Fsp3) is 0.400. The molecular formula is C15H18N2O4. The summed E-state index contributed by atoms with van der Waals surface area (Å²) in [7, 11) is 1.48. The Morgan fingerprint density at radius 2 is 1.95 bits per heavy atom. The van der Waals surface area contributed by atoms with Crippen molar-refractivity contribution in [3.63, 3.8) is 0 Å². The molecule has 1 aromatic rings. The van der Waals surface area contributed by atoms with E-state index in [-0.39, 0.29) is 11.8 Å². The number of carbonyl (C=O) groups is 3. The zero-order chi connectivity index (χ0) is 15.4. The first-order valence-electron chi connectivity index (χ1n) is 6.86. The minimum Gasteiger partial charge on any atom is -0.449 e. The Balaban J connectivity index is 2.03. The smallest absolute Gasteiger partial charge is 0.338 e. The van der Waals surface area contributed by atoms with E-state index in [4.69, 9.17) is 4.74 Å². The SMILES string of the molecule is CNC(=O)C(C)OC(=O)c1ccc(N2CCCC2=O)cc1. The molecule has 0 radical (unpaired) electrons. The summed E-state index contributed by atoms with van der Waals surface area (Å²) in [6, 6.07) is 6.62. The summed E-state index contributed by atoms with van der Waals surface area (Å²) in [6.45, 7) is 2.21. The number of esters is 1. The molecule has 1 aromatic carbocycles. The predicted octanol–water partition coefficient (Wildman–Crippen LogP) is 1.10. The second-order valence-corrected chi connectivity index (χ2v) is 4.86. The summed E-state index contributed by atoms with van der Waals surface area (Å²) in [5.41, 5.74) is 1.12. The third-order valence-electron chi connectivity index (χ3n) is 3.39. The van der Waals surface area contributed by atoms with Gasteiger partial charge in [0.25, 0.3) is 5.91 Å². The Morgan fingerprint density at radius 3 is 2.48 bits per heavy atom. The van der Waals surface area contributed by atoms with Gasteiger partial charge in [0.1, 0.15) is 0 Å². The molecule has 21 heavy (non-hydrogen) atoms. The maximum atomic E-state index is 11.9. The van der Waals surface area contributed by atoms with Gasteiger partial charge < -0.3 is 15.0 Å². The summed E-state index contributed by atoms with van der Waals surface area (Å²) in [6.07, 6.45) is 0.571. The average Bonchev–Trinajstić information content (AvgIpc) is 2.92. The molecule has 0 bridgehead atoms. The van der Waals surface area contributed by atoms with Gasteiger partial charge in [-0.1, -0.05) is 0 Å². The molecule has 1 heterocycles. The lowest BCUT2D eigenvalue weighted by Crippen LogP contribution is -2.33. The third kappa shape index (κ3) is 3.39. The molecule has 2 rings (SSSR count). The maximum Gasteiger partial charge on any atom is 0.338 e. The molecule has 1 atom stereocenters. The number of amides is 2. The van der Waals surface area contributed by atoms with Crippen LogP contribution in [0.3, 0.4) is 0 Å². The zero-order valence-electron chi connectivity index (χ0n) is 12.1. The van der Waals surface area contributed by atoms with Gasteiger partial charge in [0.05, 0.1) is 5.56 Å². The molecule has 0 aliphatic carbocycles. The van der Waals surface area contributed by atoms with Crippen LogP contribution in [0.5, 0.6) is 0 Å². The molecular weight excluding hydrogens is 272 g/mol. The van der Waals surface area contributed by atoms with Crippen LogP contribution in [0.4, 0.5) is 5.69 Å². The van der Waals surface area contributed by atoms with Crippen LogP contribution < -0.4 is 10.2 Å². The molecule has 2 amide bonds. The molecule has 1 aliphatic rings. The van der Waals surface area contributed by atoms with Crippen molar-refractivity contribution in [3.05, 3.63) is 29.8 Å². The van der Waals surface area contributed by atoms with Crippen LogP contribution in [0.25, 0.3) is 0 Å². The third-order valence-corrected chi connectivity index (χ3v) is 3.39. The van der Waals surface area contributed by atoms with E-state index in [2.05, 4.69) is 5.32 Å². The van der Waals surface area contributed by atoms with Crippen LogP contribution >= 0.6 is 0 Å². The van der Waals surface area contributed by atoms with Crippen LogP contribution in [-0.4, -0.2) is 37.5 Å². The molecule has 6 nitrogen and oxygen atoms in total. The van der Waals surface area contributed by atoms with E-state index >= 15 is 0 Å². The van der Waals surface area contributed by atoms with Crippen LogP contribution in [0.15, 0.2) is 24.3 Å². The van der Waals surface area contributed by atoms with Crippen LogP contribution in [0, 0.1) is 0 Å². The molecule has 1 aliphatic heterocycles. The molecule has 1 fully saturated rings. The van der Waals surface area contributed by atoms with Gasteiger partial charge in [-0.05, 0) is 37.6 Å². The number of hydrogen-bond donors (Lipinski definition) is 1. The van der Waals surface area contributed by atoms with Crippen molar-refractivity contribution in [2.45, 2.75) is 25.9 Å². The van der Waals surface area contributed by atoms with Crippen LogP contribution in [0.2, 0.25) is 0 Å². The molecule has 1 saturated heterocycles. The van der Waals surface area contributed by atoms with Crippen molar-refractivity contribution in [2.24, 2.45) is 0 Å². The van der Waals surface area contributed by atoms with Crippen LogP contribution in [-0.2, 0) is 14.3 Å². The number of carbonyl (C=O) groups excluding carboxylic acids is 3. The van der Waals surface area contributed by atoms with Crippen molar-refractivity contribution in [3.8, 4) is 0 Å². The van der Waals surface area contributed by atoms with E-state index in [0.29, 0.717) is 18.5 Å². The number of hydrogen-bond acceptors (Lipinski definition) is 4. The average molecular weight is 290 g/mol. The topological polar surface area (TPSA) is 75.7 Å². The summed E-state index contributed by atoms with van der Waals surface area (Å²) in [5, 5.41) is 2.41. The molecule has 0 aromatic heterocycles. The number of anilines is 1. The Kier molecular flexibility index (Phi) is 4.57. The van der Waals surface area contributed by atoms with E-state index in [9.17, 15) is 14.4 Å². The lowest BCUT2D eigenvalue weighted by Gasteiger charge is -2.16. The predicted molar refractivity (Wildman–Crippen MR) is 77.0 cm³/mol. The second kappa shape index (κ2) is 6.39. The van der Waals surface area contributed by atoms with E-state index in [0.717, 1.165) is 12.1 Å². The number of rotatable bonds is 4. The van der Waals surface area contributed by atoms with Gasteiger partial charge in [-0.25, -0.2) is 4.79 Å². The van der Waals surface area contributed by atoms with Crippen molar-refractivity contribution in [1.29, 1.82) is 0 Å². The quantitative estimate of drug-likeness (QED) is 0.843. The van der Waals surface area contributed by atoms with Gasteiger partial charge >= 0.3 is 5.97 Å². The first kappa shape index (κ1) is 15.0. The van der Waals surface area contributed by atoms with E-state index in [1.54, 1.807) is 29.2 Å². The Bertz CT molecular complexity index is 553. The summed E-state index contributed by atoms with van der Waals surface area (Å²) in [5.74, 6) is -0.827. The monoisotopic (exact) mass is 290 g/mol. The Labute approximate surface area is 123 Å². The Hall–Kier alpha value is -2.37. The lowest BCUT2D eigenvalue weighted by atomic mass is 10.2. The summed E-state index contributed by atoms with van der Waals surface area (Å²) >= 11 is 0. The standard InChI is InChI=1S/C15H18N2O4/c1-10(14(19)16-2)21-15(20)11-5-7-12(8-6-11)17-9-3-4-13(17)18/h5-8,10H,3-4,9H2,1-2H3,(H,16,19). The molecule has 1 unspecified atom stereocenters. The van der Waals surface area contributed by atoms with E-state index < -0.39 is 12.1 Å². The fourth-order valence-electron chi connectivity index (χ4n) is 2.18. The minimum absolute atomic E-state index is 0.0959. The highest BCUT2D eigenvalue weighted by Crippen LogP contribution is 2.21. The highest BCUT2D eigenvalue weighted by Gasteiger charge is 2.22. The van der Waals surface area contributed by atoms with E-state index in [1.807, 2.05) is 0 Å². The fourth-order valence-corrected chi connectivity index (χ4v) is 2.18. The van der Waals surface area contributed by atoms with Gasteiger partial charge in [-0.15, -0.1) is 0 Å². The van der Waals surface area contributed by atoms with Crippen molar-refractivity contribution in [1.82, 2.24) is 5.32 Å². The first-order valence-corrected chi connectivity index (χ1v) is 6.86. The molecule has 0 spiro atoms. The number of nitrogens with zero attached hydrogens (tertiary/aromatic N) is 1. The Morgan fingerprint density at radius 1 is 1.29 bits per heavy atom. The van der Waals surface area contributed by atoms with Crippen LogP contribution in [0.1, 0.15) is 30.1 Å². The second-order valence-electron chi connectivity index (χ2n) is 4.86. The number of likely N-dealkylation sites (N-methyl/N-ethyl adjacent to an activating group) is 1. The number of ether oxygens (including phenoxy) is 1. The molecule has 1 N–H and O–H groups in total. The molecule has 112 valence electrons. The van der Waals surface area contributed by atoms with Gasteiger partial charge in [0.2, 0.25) is 5.91 Å². The lowest BCUT2D eigenvalue weighted by molar-refractivity contribution is -0.128. The number of benzene rings is 1. The van der Waals surface area contributed by atoms with Crippen molar-refractivity contribution < 1.29 is 19.1 Å². The van der Waals surface area contributed by atoms with Crippen molar-refractivity contribution in [2.75, 3.05) is 18.5 Å². The molecule has 0 saturated carbocycles. The normalized spacial score (nSPS) is 15.7. The van der Waals surface area contributed by atoms with Crippen molar-refractivity contribution >= 4 is 23.5 Å². The van der Waals surface area contributed by atoms with Gasteiger partial charge in [0, 0.05) is 25.7 Å². The maximum absolute atomic E-state index is 11.9. The largest absolute Gasteiger partial charge is 0.449 e. The van der Waals surface area contributed by atoms with Gasteiger partial charge in [0.15, 0.2) is 6.10 Å². The summed E-state index contributed by atoms with van der Waals surface area (Å²) < 4.78 is 5.04. The number of nitrogens with one attached hydrogen (secondary N) is 1. The highest BCUT2D eigenvalue weighted by atomic mass is 16.5. The van der Waals surface area contributed by atoms with Gasteiger partial charge in [-0.3, -0.25) is 9.59 Å². The summed E-state index contributed by atoms with van der Waals surface area (Å²) in [4.78, 5) is 36.5. The molecule has 6 heteroatoms.